The normalized spacial score (nSPS) is 13.4. The van der Waals surface area contributed by atoms with Crippen LogP contribution in [0, 0.1) is 11.6 Å². The van der Waals surface area contributed by atoms with Crippen LogP contribution in [-0.4, -0.2) is 44.4 Å². The summed E-state index contributed by atoms with van der Waals surface area (Å²) in [5.74, 6) is -1.77. The SMILES string of the molecule is CCOC(=O)c1c(-c2ccc(F)cc2)oc2cc(N(Cc3ccc(B(O)O)c(F)c3)S(C)(=O)=O)c(C3CC3)cc12. The molecular weight excluding hydrogens is 543 g/mol. The lowest BCUT2D eigenvalue weighted by molar-refractivity contribution is 0.0528. The van der Waals surface area contributed by atoms with Gasteiger partial charge in [0.05, 0.1) is 25.1 Å². The van der Waals surface area contributed by atoms with E-state index in [1.807, 2.05) is 0 Å². The van der Waals surface area contributed by atoms with Crippen LogP contribution in [0.15, 0.2) is 59.0 Å². The van der Waals surface area contributed by atoms with Crippen LogP contribution in [0.2, 0.25) is 0 Å². The third kappa shape index (κ3) is 5.47. The van der Waals surface area contributed by atoms with Gasteiger partial charge in [0.2, 0.25) is 10.0 Å². The predicted octanol–water partition coefficient (Wildman–Crippen LogP) is 4.08. The highest BCUT2D eigenvalue weighted by atomic mass is 32.2. The number of carbonyl (C=O) groups is 1. The van der Waals surface area contributed by atoms with E-state index in [0.717, 1.165) is 29.5 Å². The van der Waals surface area contributed by atoms with Crippen LogP contribution >= 0.6 is 0 Å². The van der Waals surface area contributed by atoms with E-state index >= 15 is 0 Å². The number of halogens is 2. The van der Waals surface area contributed by atoms with Crippen LogP contribution in [0.1, 0.15) is 47.2 Å². The van der Waals surface area contributed by atoms with Crippen LogP contribution in [0.3, 0.4) is 0 Å². The average Bonchev–Trinajstić information content (AvgIpc) is 3.66. The summed E-state index contributed by atoms with van der Waals surface area (Å²) in [5, 5.41) is 19.1. The first kappa shape index (κ1) is 27.8. The summed E-state index contributed by atoms with van der Waals surface area (Å²) in [4.78, 5) is 13.1. The summed E-state index contributed by atoms with van der Waals surface area (Å²) in [6, 6.07) is 12.4. The van der Waals surface area contributed by atoms with Crippen LogP contribution in [0.5, 0.6) is 0 Å². The minimum absolute atomic E-state index is 0.0338. The summed E-state index contributed by atoms with van der Waals surface area (Å²) >= 11 is 0. The zero-order valence-electron chi connectivity index (χ0n) is 21.7. The van der Waals surface area contributed by atoms with E-state index < -0.39 is 34.7 Å². The van der Waals surface area contributed by atoms with E-state index in [9.17, 15) is 32.0 Å². The molecule has 1 saturated carbocycles. The van der Waals surface area contributed by atoms with Crippen LogP contribution in [0.4, 0.5) is 14.5 Å². The standard InChI is InChI=1S/C28H26BF2NO7S/c1-3-38-28(33)26-21-13-20(17-5-6-17)24(14-25(21)39-27(26)18-7-9-19(30)10-8-18)32(40(2,36)37)15-16-4-11-22(29(34)35)23(31)12-16/h4,7-14,17,34-35H,3,5-6,15H2,1-2H3. The fraction of sp³-hybridized carbons (Fsp3) is 0.250. The molecule has 12 heteroatoms. The van der Waals surface area contributed by atoms with Crippen molar-refractivity contribution in [1.29, 1.82) is 0 Å². The summed E-state index contributed by atoms with van der Waals surface area (Å²) < 4.78 is 66.7. The Kier molecular flexibility index (Phi) is 7.43. The molecular formula is C28H26BF2NO7S. The minimum atomic E-state index is -3.90. The number of ether oxygens (including phenoxy) is 1. The molecule has 2 N–H and O–H groups in total. The molecule has 0 atom stereocenters. The lowest BCUT2D eigenvalue weighted by Gasteiger charge is -2.25. The number of anilines is 1. The maximum atomic E-state index is 14.5. The van der Waals surface area contributed by atoms with Gasteiger partial charge < -0.3 is 19.2 Å². The van der Waals surface area contributed by atoms with Gasteiger partial charge in [-0.15, -0.1) is 0 Å². The molecule has 4 aromatic rings. The second-order valence-electron chi connectivity index (χ2n) is 9.71. The number of sulfonamides is 1. The molecule has 1 aliphatic rings. The Bertz CT molecular complexity index is 1700. The van der Waals surface area contributed by atoms with Crippen molar-refractivity contribution in [2.24, 2.45) is 0 Å². The third-order valence-corrected chi connectivity index (χ3v) is 7.91. The van der Waals surface area contributed by atoms with Crippen molar-refractivity contribution in [2.45, 2.75) is 32.2 Å². The molecule has 0 amide bonds. The molecule has 0 aliphatic heterocycles. The Labute approximate surface area is 230 Å². The number of hydrogen-bond acceptors (Lipinski definition) is 7. The number of furan rings is 1. The molecule has 0 saturated heterocycles. The van der Waals surface area contributed by atoms with Crippen molar-refractivity contribution in [3.63, 3.8) is 0 Å². The van der Waals surface area contributed by atoms with Gasteiger partial charge in [0.1, 0.15) is 28.5 Å². The summed E-state index contributed by atoms with van der Waals surface area (Å²) in [5.41, 5.74) is 1.77. The highest BCUT2D eigenvalue weighted by Gasteiger charge is 2.33. The second-order valence-corrected chi connectivity index (χ2v) is 11.6. The number of carbonyl (C=O) groups excluding carboxylic acids is 1. The Morgan fingerprint density at radius 2 is 1.80 bits per heavy atom. The first-order valence-corrected chi connectivity index (χ1v) is 14.5. The molecule has 5 rings (SSSR count). The Hall–Kier alpha value is -3.74. The third-order valence-electron chi connectivity index (χ3n) is 6.78. The van der Waals surface area contributed by atoms with Gasteiger partial charge in [-0.25, -0.2) is 22.0 Å². The summed E-state index contributed by atoms with van der Waals surface area (Å²) in [6.07, 6.45) is 2.66. The highest BCUT2D eigenvalue weighted by Crippen LogP contribution is 2.48. The highest BCUT2D eigenvalue weighted by molar-refractivity contribution is 7.92. The first-order chi connectivity index (χ1) is 19.0. The molecule has 0 spiro atoms. The van der Waals surface area contributed by atoms with Crippen LogP contribution < -0.4 is 9.77 Å². The maximum absolute atomic E-state index is 14.5. The van der Waals surface area contributed by atoms with Gasteiger partial charge in [-0.1, -0.05) is 12.1 Å². The molecule has 1 heterocycles. The number of nitrogens with zero attached hydrogens (tertiary/aromatic N) is 1. The lowest BCUT2D eigenvalue weighted by Crippen LogP contribution is -2.34. The van der Waals surface area contributed by atoms with Gasteiger partial charge in [0, 0.05) is 22.5 Å². The second kappa shape index (κ2) is 10.7. The Morgan fingerprint density at radius 3 is 2.38 bits per heavy atom. The van der Waals surface area contributed by atoms with Crippen molar-refractivity contribution in [1.82, 2.24) is 0 Å². The van der Waals surface area contributed by atoms with Gasteiger partial charge in [0.15, 0.2) is 0 Å². The van der Waals surface area contributed by atoms with Crippen molar-refractivity contribution in [2.75, 3.05) is 17.2 Å². The van der Waals surface area contributed by atoms with Gasteiger partial charge >= 0.3 is 13.1 Å². The zero-order chi connectivity index (χ0) is 28.8. The Morgan fingerprint density at radius 1 is 1.10 bits per heavy atom. The van der Waals surface area contributed by atoms with E-state index in [1.165, 1.54) is 36.4 Å². The first-order valence-electron chi connectivity index (χ1n) is 12.6. The van der Waals surface area contributed by atoms with Gasteiger partial charge in [-0.3, -0.25) is 4.31 Å². The number of fused-ring (bicyclic) bond motifs is 1. The number of rotatable bonds is 9. The average molecular weight is 569 g/mol. The van der Waals surface area contributed by atoms with Gasteiger partial charge in [0.25, 0.3) is 0 Å². The molecule has 0 bridgehead atoms. The largest absolute Gasteiger partial charge is 0.491 e. The number of benzene rings is 3. The van der Waals surface area contributed by atoms with Crippen molar-refractivity contribution < 1.29 is 41.2 Å². The zero-order valence-corrected chi connectivity index (χ0v) is 22.5. The van der Waals surface area contributed by atoms with Crippen molar-refractivity contribution in [3.05, 3.63) is 82.9 Å². The molecule has 0 unspecified atom stereocenters. The van der Waals surface area contributed by atoms with Crippen LogP contribution in [-0.2, 0) is 21.3 Å². The molecule has 40 heavy (non-hydrogen) atoms. The summed E-state index contributed by atoms with van der Waals surface area (Å²) in [6.45, 7) is 1.55. The molecule has 8 nitrogen and oxygen atoms in total. The Balaban J connectivity index is 1.69. The fourth-order valence-corrected chi connectivity index (χ4v) is 5.62. The number of hydrogen-bond donors (Lipinski definition) is 2. The van der Waals surface area contributed by atoms with Crippen LogP contribution in [0.25, 0.3) is 22.3 Å². The molecule has 0 radical (unpaired) electrons. The molecule has 1 aromatic heterocycles. The summed E-state index contributed by atoms with van der Waals surface area (Å²) in [7, 11) is -5.91. The monoisotopic (exact) mass is 569 g/mol. The fourth-order valence-electron chi connectivity index (χ4n) is 4.72. The molecule has 208 valence electrons. The lowest BCUT2D eigenvalue weighted by atomic mass is 9.79. The quantitative estimate of drug-likeness (QED) is 0.231. The van der Waals surface area contributed by atoms with E-state index in [-0.39, 0.29) is 47.0 Å². The van der Waals surface area contributed by atoms with Crippen molar-refractivity contribution in [3.8, 4) is 11.3 Å². The van der Waals surface area contributed by atoms with E-state index in [4.69, 9.17) is 9.15 Å². The maximum Gasteiger partial charge on any atom is 0.491 e. The van der Waals surface area contributed by atoms with Gasteiger partial charge in [-0.05, 0) is 73.2 Å². The molecule has 3 aromatic carbocycles. The topological polar surface area (TPSA) is 117 Å². The van der Waals surface area contributed by atoms with Gasteiger partial charge in [-0.2, -0.15) is 0 Å². The van der Waals surface area contributed by atoms with Crippen molar-refractivity contribution >= 4 is 45.2 Å². The predicted molar refractivity (Wildman–Crippen MR) is 147 cm³/mol. The van der Waals surface area contributed by atoms with E-state index in [2.05, 4.69) is 0 Å². The minimum Gasteiger partial charge on any atom is -0.462 e. The van der Waals surface area contributed by atoms with E-state index in [0.29, 0.717) is 22.2 Å². The molecule has 1 fully saturated rings. The van der Waals surface area contributed by atoms with E-state index in [1.54, 1.807) is 19.1 Å². The molecule has 1 aliphatic carbocycles. The smallest absolute Gasteiger partial charge is 0.462 e. The number of esters is 1.